The van der Waals surface area contributed by atoms with Gasteiger partial charge < -0.3 is 14.9 Å². The van der Waals surface area contributed by atoms with Gasteiger partial charge in [0.1, 0.15) is 6.04 Å². The van der Waals surface area contributed by atoms with E-state index in [0.29, 0.717) is 25.4 Å². The van der Waals surface area contributed by atoms with Gasteiger partial charge >= 0.3 is 12.0 Å². The molecule has 98 valence electrons. The molecule has 5 heteroatoms. The van der Waals surface area contributed by atoms with E-state index < -0.39 is 12.0 Å². The van der Waals surface area contributed by atoms with Crippen LogP contribution in [0.3, 0.4) is 0 Å². The van der Waals surface area contributed by atoms with E-state index in [4.69, 9.17) is 5.11 Å². The first kappa shape index (κ1) is 13.8. The predicted octanol–water partition coefficient (Wildman–Crippen LogP) is 1.63. The summed E-state index contributed by atoms with van der Waals surface area (Å²) in [5, 5.41) is 9.03. The second-order valence-corrected chi connectivity index (χ2v) is 4.87. The summed E-state index contributed by atoms with van der Waals surface area (Å²) in [5.41, 5.74) is 0. The average Bonchev–Trinajstić information content (AvgIpc) is 2.76. The maximum absolute atomic E-state index is 12.1. The van der Waals surface area contributed by atoms with E-state index in [-0.39, 0.29) is 6.03 Å². The number of amides is 2. The fraction of sp³-hybridized carbons (Fsp3) is 0.833. The number of rotatable bonds is 4. The van der Waals surface area contributed by atoms with E-state index in [0.717, 1.165) is 12.8 Å². The molecular weight excluding hydrogens is 220 g/mol. The summed E-state index contributed by atoms with van der Waals surface area (Å²) in [6, 6.07) is -0.794. The minimum Gasteiger partial charge on any atom is -0.480 e. The van der Waals surface area contributed by atoms with E-state index in [1.807, 2.05) is 0 Å². The third kappa shape index (κ3) is 3.35. The van der Waals surface area contributed by atoms with E-state index in [1.54, 1.807) is 11.9 Å². The molecule has 1 unspecified atom stereocenters. The zero-order valence-corrected chi connectivity index (χ0v) is 10.8. The van der Waals surface area contributed by atoms with Gasteiger partial charge in [0.05, 0.1) is 0 Å². The zero-order chi connectivity index (χ0) is 13.0. The molecule has 2 amide bonds. The van der Waals surface area contributed by atoms with Gasteiger partial charge in [-0.05, 0) is 18.8 Å². The van der Waals surface area contributed by atoms with Gasteiger partial charge in [0.25, 0.3) is 0 Å². The van der Waals surface area contributed by atoms with E-state index in [2.05, 4.69) is 13.8 Å². The van der Waals surface area contributed by atoms with E-state index in [1.165, 1.54) is 4.90 Å². The van der Waals surface area contributed by atoms with Crippen LogP contribution in [-0.4, -0.2) is 53.1 Å². The lowest BCUT2D eigenvalue weighted by Crippen LogP contribution is -2.47. The summed E-state index contributed by atoms with van der Waals surface area (Å²) < 4.78 is 0. The Morgan fingerprint density at radius 3 is 2.71 bits per heavy atom. The number of carboxylic acid groups (broad SMARTS) is 1. The van der Waals surface area contributed by atoms with Gasteiger partial charge in [0.15, 0.2) is 0 Å². The van der Waals surface area contributed by atoms with Crippen LogP contribution >= 0.6 is 0 Å². The number of hydrogen-bond acceptors (Lipinski definition) is 2. The Bertz CT molecular complexity index is 293. The molecule has 0 radical (unpaired) electrons. The number of carbonyl (C=O) groups is 2. The number of aliphatic carboxylic acids is 1. The van der Waals surface area contributed by atoms with Gasteiger partial charge in [-0.15, -0.1) is 0 Å². The monoisotopic (exact) mass is 242 g/mol. The lowest BCUT2D eigenvalue weighted by Gasteiger charge is -2.29. The van der Waals surface area contributed by atoms with Crippen LogP contribution in [0.2, 0.25) is 0 Å². The largest absolute Gasteiger partial charge is 0.480 e. The molecule has 0 aliphatic carbocycles. The summed E-state index contributed by atoms with van der Waals surface area (Å²) in [6.45, 7) is 5.40. The van der Waals surface area contributed by atoms with E-state index in [9.17, 15) is 9.59 Å². The molecule has 5 nitrogen and oxygen atoms in total. The number of likely N-dealkylation sites (tertiary alicyclic amines) is 1. The SMILES string of the molecule is CCC(C)CN(C)C(=O)N1CCC[C@H]1C(=O)O. The van der Waals surface area contributed by atoms with Crippen molar-refractivity contribution in [3.8, 4) is 0 Å². The zero-order valence-electron chi connectivity index (χ0n) is 10.8. The van der Waals surface area contributed by atoms with Gasteiger partial charge in [0, 0.05) is 20.1 Å². The van der Waals surface area contributed by atoms with Crippen molar-refractivity contribution in [2.45, 2.75) is 39.2 Å². The van der Waals surface area contributed by atoms with Crippen LogP contribution in [0.25, 0.3) is 0 Å². The van der Waals surface area contributed by atoms with Gasteiger partial charge in [-0.1, -0.05) is 20.3 Å². The summed E-state index contributed by atoms with van der Waals surface area (Å²) in [4.78, 5) is 26.2. The highest BCUT2D eigenvalue weighted by Crippen LogP contribution is 2.19. The summed E-state index contributed by atoms with van der Waals surface area (Å²) >= 11 is 0. The summed E-state index contributed by atoms with van der Waals surface area (Å²) in [7, 11) is 1.74. The molecule has 1 aliphatic rings. The van der Waals surface area contributed by atoms with Crippen LogP contribution in [-0.2, 0) is 4.79 Å². The maximum atomic E-state index is 12.1. The standard InChI is InChI=1S/C12H22N2O3/c1-4-9(2)8-13(3)12(17)14-7-5-6-10(14)11(15)16/h9-10H,4-8H2,1-3H3,(H,15,16)/t9?,10-/m0/s1. The molecule has 1 heterocycles. The second-order valence-electron chi connectivity index (χ2n) is 4.87. The predicted molar refractivity (Wildman–Crippen MR) is 64.8 cm³/mol. The molecule has 1 fully saturated rings. The van der Waals surface area contributed by atoms with Crippen LogP contribution in [0.4, 0.5) is 4.79 Å². The van der Waals surface area contributed by atoms with Crippen molar-refractivity contribution in [1.29, 1.82) is 0 Å². The third-order valence-electron chi connectivity index (χ3n) is 3.39. The van der Waals surface area contributed by atoms with Crippen LogP contribution in [0, 0.1) is 5.92 Å². The third-order valence-corrected chi connectivity index (χ3v) is 3.39. The molecule has 2 atom stereocenters. The molecule has 0 spiro atoms. The number of carbonyl (C=O) groups excluding carboxylic acids is 1. The lowest BCUT2D eigenvalue weighted by atomic mass is 10.1. The fourth-order valence-electron chi connectivity index (χ4n) is 2.15. The normalized spacial score (nSPS) is 21.4. The van der Waals surface area contributed by atoms with Crippen LogP contribution in [0.1, 0.15) is 33.1 Å². The van der Waals surface area contributed by atoms with Crippen molar-refractivity contribution in [1.82, 2.24) is 9.80 Å². The van der Waals surface area contributed by atoms with Gasteiger partial charge in [0.2, 0.25) is 0 Å². The molecular formula is C12H22N2O3. The Morgan fingerprint density at radius 2 is 2.18 bits per heavy atom. The number of carboxylic acids is 1. The van der Waals surface area contributed by atoms with E-state index >= 15 is 0 Å². The Kier molecular flexibility index (Phi) is 4.78. The van der Waals surface area contributed by atoms with Crippen molar-refractivity contribution in [2.75, 3.05) is 20.1 Å². The molecule has 1 N–H and O–H groups in total. The van der Waals surface area contributed by atoms with Gasteiger partial charge in [-0.3, -0.25) is 0 Å². The topological polar surface area (TPSA) is 60.9 Å². The molecule has 17 heavy (non-hydrogen) atoms. The van der Waals surface area contributed by atoms with Crippen molar-refractivity contribution in [3.63, 3.8) is 0 Å². The van der Waals surface area contributed by atoms with Gasteiger partial charge in [-0.2, -0.15) is 0 Å². The number of hydrogen-bond donors (Lipinski definition) is 1. The minimum absolute atomic E-state index is 0.157. The Morgan fingerprint density at radius 1 is 1.53 bits per heavy atom. The van der Waals surface area contributed by atoms with Crippen molar-refractivity contribution < 1.29 is 14.7 Å². The molecule has 0 aromatic rings. The highest BCUT2D eigenvalue weighted by molar-refractivity contribution is 5.83. The molecule has 0 bridgehead atoms. The summed E-state index contributed by atoms with van der Waals surface area (Å²) in [6.07, 6.45) is 2.36. The lowest BCUT2D eigenvalue weighted by molar-refractivity contribution is -0.141. The second kappa shape index (κ2) is 5.89. The molecule has 1 saturated heterocycles. The number of nitrogens with zero attached hydrogens (tertiary/aromatic N) is 2. The molecule has 0 aromatic heterocycles. The Balaban J connectivity index is 2.59. The first-order valence-electron chi connectivity index (χ1n) is 6.21. The van der Waals surface area contributed by atoms with Crippen molar-refractivity contribution in [2.24, 2.45) is 5.92 Å². The Hall–Kier alpha value is -1.26. The first-order valence-corrected chi connectivity index (χ1v) is 6.21. The molecule has 1 aliphatic heterocycles. The average molecular weight is 242 g/mol. The van der Waals surface area contributed by atoms with Gasteiger partial charge in [-0.25, -0.2) is 9.59 Å². The molecule has 0 aromatic carbocycles. The highest BCUT2D eigenvalue weighted by atomic mass is 16.4. The maximum Gasteiger partial charge on any atom is 0.326 e. The first-order chi connectivity index (χ1) is 7.97. The Labute approximate surface area is 102 Å². The quantitative estimate of drug-likeness (QED) is 0.815. The van der Waals surface area contributed by atoms with Crippen molar-refractivity contribution >= 4 is 12.0 Å². The smallest absolute Gasteiger partial charge is 0.326 e. The van der Waals surface area contributed by atoms with Crippen LogP contribution in [0.5, 0.6) is 0 Å². The molecule has 0 saturated carbocycles. The molecule has 1 rings (SSSR count). The minimum atomic E-state index is -0.896. The van der Waals surface area contributed by atoms with Crippen LogP contribution < -0.4 is 0 Å². The highest BCUT2D eigenvalue weighted by Gasteiger charge is 2.35. The van der Waals surface area contributed by atoms with Crippen molar-refractivity contribution in [3.05, 3.63) is 0 Å². The fourth-order valence-corrected chi connectivity index (χ4v) is 2.15. The summed E-state index contributed by atoms with van der Waals surface area (Å²) in [5.74, 6) is -0.456. The number of urea groups is 1. The van der Waals surface area contributed by atoms with Crippen LogP contribution in [0.15, 0.2) is 0 Å².